The molecular formula is C15H21N3O3S. The summed E-state index contributed by atoms with van der Waals surface area (Å²) in [5, 5.41) is 5.14. The summed E-state index contributed by atoms with van der Waals surface area (Å²) < 4.78 is 23.9. The molecule has 0 unspecified atom stereocenters. The van der Waals surface area contributed by atoms with E-state index >= 15 is 0 Å². The summed E-state index contributed by atoms with van der Waals surface area (Å²) in [5.74, 6) is -0.0295. The molecule has 7 heteroatoms. The Morgan fingerprint density at radius 3 is 2.50 bits per heavy atom. The average Bonchev–Trinajstić information content (AvgIpc) is 2.81. The van der Waals surface area contributed by atoms with Gasteiger partial charge in [-0.15, -0.1) is 0 Å². The number of amides is 1. The van der Waals surface area contributed by atoms with Crippen LogP contribution in [0.15, 0.2) is 24.3 Å². The van der Waals surface area contributed by atoms with E-state index in [2.05, 4.69) is 13.0 Å². The molecule has 3 rings (SSSR count). The molecule has 1 fully saturated rings. The number of piperidine rings is 1. The lowest BCUT2D eigenvalue weighted by Gasteiger charge is -2.33. The first-order valence-corrected chi connectivity index (χ1v) is 9.07. The molecule has 1 aromatic rings. The highest BCUT2D eigenvalue weighted by atomic mass is 32.2. The maximum absolute atomic E-state index is 12.9. The molecule has 6 nitrogen and oxygen atoms in total. The number of nitrogens with zero attached hydrogens (tertiary/aromatic N) is 2. The zero-order chi connectivity index (χ0) is 15.9. The van der Waals surface area contributed by atoms with E-state index in [1.54, 1.807) is 0 Å². The normalized spacial score (nSPS) is 23.5. The van der Waals surface area contributed by atoms with Crippen LogP contribution in [-0.2, 0) is 21.4 Å². The van der Waals surface area contributed by atoms with Crippen molar-refractivity contribution in [3.63, 3.8) is 0 Å². The number of hydrogen-bond acceptors (Lipinski definition) is 3. The molecule has 1 atom stereocenters. The monoisotopic (exact) mass is 323 g/mol. The number of carbonyl (C=O) groups excluding carboxylic acids is 1. The van der Waals surface area contributed by atoms with Crippen LogP contribution in [-0.4, -0.2) is 37.8 Å². The van der Waals surface area contributed by atoms with Gasteiger partial charge in [-0.1, -0.05) is 18.2 Å². The van der Waals surface area contributed by atoms with Gasteiger partial charge >= 0.3 is 0 Å². The van der Waals surface area contributed by atoms with Crippen LogP contribution in [0.1, 0.15) is 25.3 Å². The van der Waals surface area contributed by atoms with Gasteiger partial charge in [0.2, 0.25) is 5.91 Å². The van der Waals surface area contributed by atoms with Crippen molar-refractivity contribution in [1.29, 1.82) is 0 Å². The summed E-state index contributed by atoms with van der Waals surface area (Å²) in [7, 11) is -3.65. The van der Waals surface area contributed by atoms with Crippen molar-refractivity contribution >= 4 is 21.8 Å². The molecule has 2 aliphatic rings. The van der Waals surface area contributed by atoms with Crippen molar-refractivity contribution in [2.45, 2.75) is 32.2 Å². The summed E-state index contributed by atoms with van der Waals surface area (Å²) in [6, 6.07) is 8.13. The Kier molecular flexibility index (Phi) is 3.96. The predicted molar refractivity (Wildman–Crippen MR) is 84.5 cm³/mol. The molecule has 120 valence electrons. The van der Waals surface area contributed by atoms with E-state index < -0.39 is 10.2 Å². The van der Waals surface area contributed by atoms with Crippen LogP contribution in [0, 0.1) is 5.92 Å². The number of fused-ring (bicyclic) bond motifs is 1. The molecule has 0 aliphatic carbocycles. The summed E-state index contributed by atoms with van der Waals surface area (Å²) in [5.41, 5.74) is 2.19. The molecular weight excluding hydrogens is 302 g/mol. The van der Waals surface area contributed by atoms with Gasteiger partial charge in [-0.25, -0.2) is 5.14 Å². The first kappa shape index (κ1) is 15.5. The Hall–Kier alpha value is -1.44. The minimum atomic E-state index is -3.65. The third-order valence-corrected chi connectivity index (χ3v) is 5.69. The number of nitrogens with two attached hydrogens (primary N) is 1. The largest absolute Gasteiger partial charge is 0.309 e. The highest BCUT2D eigenvalue weighted by Crippen LogP contribution is 2.34. The van der Waals surface area contributed by atoms with E-state index in [4.69, 9.17) is 5.14 Å². The average molecular weight is 323 g/mol. The lowest BCUT2D eigenvalue weighted by atomic mass is 9.96. The number of hydrogen-bond donors (Lipinski definition) is 1. The predicted octanol–water partition coefficient (Wildman–Crippen LogP) is 0.880. The molecule has 2 N–H and O–H groups in total. The maximum atomic E-state index is 12.9. The second-order valence-electron chi connectivity index (χ2n) is 6.11. The fourth-order valence-corrected chi connectivity index (χ4v) is 4.18. The van der Waals surface area contributed by atoms with Crippen molar-refractivity contribution in [3.8, 4) is 0 Å². The molecule has 1 saturated heterocycles. The number of anilines is 1. The smallest absolute Gasteiger partial charge is 0.276 e. The van der Waals surface area contributed by atoms with Crippen molar-refractivity contribution in [3.05, 3.63) is 29.8 Å². The van der Waals surface area contributed by atoms with E-state index in [0.29, 0.717) is 25.9 Å². The first-order valence-electron chi connectivity index (χ1n) is 7.57. The van der Waals surface area contributed by atoms with Gasteiger partial charge in [0.05, 0.1) is 0 Å². The Morgan fingerprint density at radius 1 is 1.23 bits per heavy atom. The van der Waals surface area contributed by atoms with Gasteiger partial charge in [-0.05, 0) is 37.8 Å². The molecule has 2 aliphatic heterocycles. The number of rotatable bonds is 2. The summed E-state index contributed by atoms with van der Waals surface area (Å²) in [6.45, 7) is 2.69. The topological polar surface area (TPSA) is 83.7 Å². The third kappa shape index (κ3) is 2.76. The summed E-state index contributed by atoms with van der Waals surface area (Å²) in [6.07, 6.45) is 1.93. The van der Waals surface area contributed by atoms with Gasteiger partial charge in [-0.2, -0.15) is 12.7 Å². The van der Waals surface area contributed by atoms with Gasteiger partial charge in [0.1, 0.15) is 0 Å². The molecule has 2 heterocycles. The lowest BCUT2D eigenvalue weighted by Crippen LogP contribution is -2.47. The highest BCUT2D eigenvalue weighted by Gasteiger charge is 2.37. The van der Waals surface area contributed by atoms with Crippen LogP contribution in [0.2, 0.25) is 0 Å². The van der Waals surface area contributed by atoms with Gasteiger partial charge in [0.15, 0.2) is 0 Å². The lowest BCUT2D eigenvalue weighted by molar-refractivity contribution is -0.123. The van der Waals surface area contributed by atoms with Crippen LogP contribution in [0.4, 0.5) is 5.69 Å². The van der Waals surface area contributed by atoms with E-state index in [1.807, 2.05) is 23.1 Å². The van der Waals surface area contributed by atoms with Crippen LogP contribution in [0.25, 0.3) is 0 Å². The van der Waals surface area contributed by atoms with Crippen LogP contribution in [0.3, 0.4) is 0 Å². The van der Waals surface area contributed by atoms with Crippen LogP contribution in [0.5, 0.6) is 0 Å². The molecule has 1 amide bonds. The molecule has 0 spiro atoms. The second kappa shape index (κ2) is 5.64. The van der Waals surface area contributed by atoms with Gasteiger partial charge < -0.3 is 4.90 Å². The minimum absolute atomic E-state index is 0.103. The number of carbonyl (C=O) groups is 1. The van der Waals surface area contributed by atoms with Crippen molar-refractivity contribution < 1.29 is 13.2 Å². The van der Waals surface area contributed by atoms with Gasteiger partial charge in [0, 0.05) is 30.7 Å². The Morgan fingerprint density at radius 2 is 1.86 bits per heavy atom. The molecule has 22 heavy (non-hydrogen) atoms. The second-order valence-corrected chi connectivity index (χ2v) is 7.65. The fourth-order valence-electron chi connectivity index (χ4n) is 3.46. The minimum Gasteiger partial charge on any atom is -0.309 e. The zero-order valence-electron chi connectivity index (χ0n) is 12.6. The number of para-hydroxylation sites is 1. The highest BCUT2D eigenvalue weighted by molar-refractivity contribution is 7.86. The molecule has 1 aromatic carbocycles. The third-order valence-electron chi connectivity index (χ3n) is 4.61. The van der Waals surface area contributed by atoms with Crippen molar-refractivity contribution in [1.82, 2.24) is 4.31 Å². The van der Waals surface area contributed by atoms with E-state index in [-0.39, 0.29) is 17.9 Å². The fraction of sp³-hybridized carbons (Fsp3) is 0.533. The van der Waals surface area contributed by atoms with Crippen molar-refractivity contribution in [2.24, 2.45) is 11.1 Å². The van der Waals surface area contributed by atoms with E-state index in [0.717, 1.165) is 12.1 Å². The Bertz CT molecular complexity index is 681. The van der Waals surface area contributed by atoms with E-state index in [1.165, 1.54) is 9.87 Å². The quantitative estimate of drug-likeness (QED) is 0.877. The summed E-state index contributed by atoms with van der Waals surface area (Å²) in [4.78, 5) is 14.7. The Balaban J connectivity index is 1.73. The zero-order valence-corrected chi connectivity index (χ0v) is 13.4. The van der Waals surface area contributed by atoms with Crippen LogP contribution < -0.4 is 10.0 Å². The number of benzene rings is 1. The standard InChI is InChI=1S/C15H21N3O3S/c1-11-10-13-4-2-3-5-14(13)18(11)15(19)12-6-8-17(9-7-12)22(16,20)21/h2-5,11-12H,6-10H2,1H3,(H2,16,20,21)/t11-/m1/s1. The van der Waals surface area contributed by atoms with Crippen LogP contribution >= 0.6 is 0 Å². The van der Waals surface area contributed by atoms with Gasteiger partial charge in [-0.3, -0.25) is 4.79 Å². The molecule has 0 aromatic heterocycles. The van der Waals surface area contributed by atoms with Crippen molar-refractivity contribution in [2.75, 3.05) is 18.0 Å². The molecule has 0 bridgehead atoms. The molecule has 0 radical (unpaired) electrons. The Labute approximate surface area is 131 Å². The summed E-state index contributed by atoms with van der Waals surface area (Å²) >= 11 is 0. The van der Waals surface area contributed by atoms with E-state index in [9.17, 15) is 13.2 Å². The SMILES string of the molecule is C[C@@H]1Cc2ccccc2N1C(=O)C1CCN(S(N)(=O)=O)CC1. The molecule has 0 saturated carbocycles. The first-order chi connectivity index (χ1) is 10.4. The maximum Gasteiger partial charge on any atom is 0.276 e. The van der Waals surface area contributed by atoms with Gasteiger partial charge in [0.25, 0.3) is 10.2 Å².